The Hall–Kier alpha value is -2.16. The Morgan fingerprint density at radius 3 is 2.68 bits per heavy atom. The third-order valence-electron chi connectivity index (χ3n) is 3.13. The number of nitrogens with one attached hydrogen (secondary N) is 1. The van der Waals surface area contributed by atoms with E-state index in [1.165, 1.54) is 11.1 Å². The van der Waals surface area contributed by atoms with Crippen LogP contribution in [-0.2, 0) is 17.8 Å². The van der Waals surface area contributed by atoms with E-state index in [-0.39, 0.29) is 5.91 Å². The first-order chi connectivity index (χ1) is 9.15. The fourth-order valence-corrected chi connectivity index (χ4v) is 1.85. The lowest BCUT2D eigenvalue weighted by molar-refractivity contribution is -0.120. The van der Waals surface area contributed by atoms with Crippen molar-refractivity contribution in [1.82, 2.24) is 10.3 Å². The molecule has 2 aromatic rings. The number of aryl methyl sites for hydroxylation is 2. The Labute approximate surface area is 113 Å². The number of carbonyl (C=O) groups is 1. The first kappa shape index (κ1) is 13.3. The fraction of sp³-hybridized carbons (Fsp3) is 0.250. The number of nitrogens with zero attached hydrogens (tertiary/aromatic N) is 1. The number of hydrogen-bond acceptors (Lipinski definition) is 2. The molecule has 0 spiro atoms. The topological polar surface area (TPSA) is 42.0 Å². The van der Waals surface area contributed by atoms with Crippen molar-refractivity contribution in [3.63, 3.8) is 0 Å². The average molecular weight is 254 g/mol. The fourth-order valence-electron chi connectivity index (χ4n) is 1.85. The number of carbonyl (C=O) groups excluding carboxylic acids is 1. The van der Waals surface area contributed by atoms with Crippen LogP contribution >= 0.6 is 0 Å². The minimum absolute atomic E-state index is 0.0221. The van der Waals surface area contributed by atoms with Crippen LogP contribution in [0.4, 0.5) is 0 Å². The molecule has 1 heterocycles. The summed E-state index contributed by atoms with van der Waals surface area (Å²) in [4.78, 5) is 16.0. The van der Waals surface area contributed by atoms with Crippen LogP contribution in [0.5, 0.6) is 0 Å². The highest BCUT2D eigenvalue weighted by molar-refractivity contribution is 5.78. The molecule has 1 N–H and O–H groups in total. The Balaban J connectivity index is 1.89. The van der Waals surface area contributed by atoms with E-state index >= 15 is 0 Å². The lowest BCUT2D eigenvalue weighted by atomic mass is 10.0. The highest BCUT2D eigenvalue weighted by atomic mass is 16.1. The van der Waals surface area contributed by atoms with E-state index in [1.54, 1.807) is 6.20 Å². The monoisotopic (exact) mass is 254 g/mol. The first-order valence-corrected chi connectivity index (χ1v) is 6.38. The van der Waals surface area contributed by atoms with Crippen LogP contribution in [-0.4, -0.2) is 10.9 Å². The van der Waals surface area contributed by atoms with Gasteiger partial charge in [-0.1, -0.05) is 24.3 Å². The van der Waals surface area contributed by atoms with Crippen LogP contribution in [0.3, 0.4) is 0 Å². The van der Waals surface area contributed by atoms with Gasteiger partial charge in [-0.15, -0.1) is 0 Å². The second-order valence-corrected chi connectivity index (χ2v) is 4.69. The zero-order chi connectivity index (χ0) is 13.7. The number of aromatic nitrogens is 1. The van der Waals surface area contributed by atoms with Crippen molar-refractivity contribution in [2.24, 2.45) is 0 Å². The van der Waals surface area contributed by atoms with Gasteiger partial charge < -0.3 is 5.32 Å². The molecule has 0 aliphatic rings. The number of pyridine rings is 1. The van der Waals surface area contributed by atoms with E-state index < -0.39 is 0 Å². The highest BCUT2D eigenvalue weighted by Gasteiger charge is 2.04. The number of amides is 1. The second kappa shape index (κ2) is 6.14. The summed E-state index contributed by atoms with van der Waals surface area (Å²) in [6.45, 7) is 4.61. The minimum Gasteiger partial charge on any atom is -0.350 e. The van der Waals surface area contributed by atoms with Crippen molar-refractivity contribution in [2.45, 2.75) is 26.8 Å². The molecular weight excluding hydrogens is 236 g/mol. The van der Waals surface area contributed by atoms with Crippen molar-refractivity contribution in [2.75, 3.05) is 0 Å². The molecule has 1 amide bonds. The molecule has 0 radical (unpaired) electrons. The molecule has 0 saturated carbocycles. The van der Waals surface area contributed by atoms with Gasteiger partial charge in [0, 0.05) is 6.20 Å². The first-order valence-electron chi connectivity index (χ1n) is 6.38. The maximum Gasteiger partial charge on any atom is 0.224 e. The third kappa shape index (κ3) is 3.91. The van der Waals surface area contributed by atoms with Crippen LogP contribution in [0, 0.1) is 13.8 Å². The van der Waals surface area contributed by atoms with Crippen molar-refractivity contribution < 1.29 is 4.79 Å². The number of benzene rings is 1. The van der Waals surface area contributed by atoms with Gasteiger partial charge in [0.05, 0.1) is 18.7 Å². The molecular formula is C16H18N2O. The smallest absolute Gasteiger partial charge is 0.224 e. The minimum atomic E-state index is 0.0221. The molecule has 19 heavy (non-hydrogen) atoms. The van der Waals surface area contributed by atoms with E-state index in [0.717, 1.165) is 11.3 Å². The zero-order valence-corrected chi connectivity index (χ0v) is 11.3. The molecule has 0 unspecified atom stereocenters. The molecule has 98 valence electrons. The Bertz CT molecular complexity index is 564. The highest BCUT2D eigenvalue weighted by Crippen LogP contribution is 2.10. The van der Waals surface area contributed by atoms with Gasteiger partial charge in [0.25, 0.3) is 0 Å². The molecule has 1 aromatic heterocycles. The van der Waals surface area contributed by atoms with Gasteiger partial charge in [0.2, 0.25) is 5.91 Å². The van der Waals surface area contributed by atoms with E-state index in [2.05, 4.69) is 36.3 Å². The summed E-state index contributed by atoms with van der Waals surface area (Å²) in [7, 11) is 0. The molecule has 2 rings (SSSR count). The van der Waals surface area contributed by atoms with E-state index in [9.17, 15) is 4.79 Å². The molecule has 0 aliphatic heterocycles. The average Bonchev–Trinajstić information content (AvgIpc) is 2.42. The number of rotatable bonds is 4. The predicted octanol–water partition coefficient (Wildman–Crippen LogP) is 2.56. The molecule has 3 heteroatoms. The van der Waals surface area contributed by atoms with Gasteiger partial charge in [0.15, 0.2) is 0 Å². The summed E-state index contributed by atoms with van der Waals surface area (Å²) in [5.41, 5.74) is 4.38. The Kier molecular flexibility index (Phi) is 4.29. The molecule has 0 fully saturated rings. The van der Waals surface area contributed by atoms with Crippen molar-refractivity contribution in [3.8, 4) is 0 Å². The molecule has 0 aliphatic carbocycles. The standard InChI is InChI=1S/C16H18N2O/c1-12-6-7-14(9-13(12)2)10-16(19)18-11-15-5-3-4-8-17-15/h3-9H,10-11H2,1-2H3,(H,18,19). The summed E-state index contributed by atoms with van der Waals surface area (Å²) in [5, 5.41) is 2.88. The van der Waals surface area contributed by atoms with Gasteiger partial charge in [-0.3, -0.25) is 9.78 Å². The molecule has 1 aromatic carbocycles. The summed E-state index contributed by atoms with van der Waals surface area (Å²) in [6.07, 6.45) is 2.14. The lowest BCUT2D eigenvalue weighted by Crippen LogP contribution is -2.25. The van der Waals surface area contributed by atoms with Gasteiger partial charge in [-0.05, 0) is 42.7 Å². The summed E-state index contributed by atoms with van der Waals surface area (Å²) in [5.74, 6) is 0.0221. The Morgan fingerprint density at radius 1 is 1.16 bits per heavy atom. The van der Waals surface area contributed by atoms with Crippen LogP contribution in [0.25, 0.3) is 0 Å². The van der Waals surface area contributed by atoms with Gasteiger partial charge in [0.1, 0.15) is 0 Å². The summed E-state index contributed by atoms with van der Waals surface area (Å²) < 4.78 is 0. The SMILES string of the molecule is Cc1ccc(CC(=O)NCc2ccccn2)cc1C. The Morgan fingerprint density at radius 2 is 2.00 bits per heavy atom. The largest absolute Gasteiger partial charge is 0.350 e. The van der Waals surface area contributed by atoms with E-state index in [1.807, 2.05) is 24.3 Å². The summed E-state index contributed by atoms with van der Waals surface area (Å²) in [6, 6.07) is 11.8. The normalized spacial score (nSPS) is 10.2. The van der Waals surface area contributed by atoms with Crippen molar-refractivity contribution >= 4 is 5.91 Å². The van der Waals surface area contributed by atoms with Crippen LogP contribution in [0.1, 0.15) is 22.4 Å². The second-order valence-electron chi connectivity index (χ2n) is 4.69. The molecule has 0 bridgehead atoms. The van der Waals surface area contributed by atoms with E-state index in [0.29, 0.717) is 13.0 Å². The van der Waals surface area contributed by atoms with Crippen LogP contribution < -0.4 is 5.32 Å². The molecule has 0 saturated heterocycles. The third-order valence-corrected chi connectivity index (χ3v) is 3.13. The quantitative estimate of drug-likeness (QED) is 0.911. The van der Waals surface area contributed by atoms with Gasteiger partial charge >= 0.3 is 0 Å². The van der Waals surface area contributed by atoms with Crippen molar-refractivity contribution in [3.05, 3.63) is 65.0 Å². The van der Waals surface area contributed by atoms with Gasteiger partial charge in [-0.2, -0.15) is 0 Å². The van der Waals surface area contributed by atoms with Crippen LogP contribution in [0.15, 0.2) is 42.6 Å². The lowest BCUT2D eigenvalue weighted by Gasteiger charge is -2.07. The maximum atomic E-state index is 11.8. The number of hydrogen-bond donors (Lipinski definition) is 1. The predicted molar refractivity (Wildman–Crippen MR) is 75.7 cm³/mol. The molecule has 0 atom stereocenters. The van der Waals surface area contributed by atoms with E-state index in [4.69, 9.17) is 0 Å². The maximum absolute atomic E-state index is 11.8. The van der Waals surface area contributed by atoms with Crippen molar-refractivity contribution in [1.29, 1.82) is 0 Å². The zero-order valence-electron chi connectivity index (χ0n) is 11.3. The van der Waals surface area contributed by atoms with Crippen LogP contribution in [0.2, 0.25) is 0 Å². The van der Waals surface area contributed by atoms with Gasteiger partial charge in [-0.25, -0.2) is 0 Å². The molecule has 3 nitrogen and oxygen atoms in total. The summed E-state index contributed by atoms with van der Waals surface area (Å²) >= 11 is 0.